The lowest BCUT2D eigenvalue weighted by Gasteiger charge is -2.57. The predicted octanol–water partition coefficient (Wildman–Crippen LogP) is 2.45. The second-order valence-electron chi connectivity index (χ2n) is 10.1. The zero-order valence-corrected chi connectivity index (χ0v) is 23.2. The number of carbonyl (C=O) groups excluding carboxylic acids is 1. The number of amides is 1. The molecule has 5 rings (SSSR count). The molecule has 3 aliphatic heterocycles. The first-order valence-electron chi connectivity index (χ1n) is 12.6. The molecule has 1 fully saturated rings. The van der Waals surface area contributed by atoms with E-state index in [4.69, 9.17) is 23.7 Å². The third-order valence-electron chi connectivity index (χ3n) is 8.65. The van der Waals surface area contributed by atoms with Gasteiger partial charge in [-0.2, -0.15) is 0 Å². The molecule has 3 heterocycles. The Kier molecular flexibility index (Phi) is 6.51. The summed E-state index contributed by atoms with van der Waals surface area (Å²) in [7, 11) is 9.80. The molecule has 38 heavy (non-hydrogen) atoms. The van der Waals surface area contributed by atoms with Gasteiger partial charge < -0.3 is 38.8 Å². The molecule has 1 saturated heterocycles. The Hall–Kier alpha value is -3.37. The van der Waals surface area contributed by atoms with Gasteiger partial charge in [0.25, 0.3) is 0 Å². The fraction of sp³-hybridized carbons (Fsp3) is 0.536. The minimum absolute atomic E-state index is 0.0787. The van der Waals surface area contributed by atoms with Crippen molar-refractivity contribution in [2.24, 2.45) is 0 Å². The van der Waals surface area contributed by atoms with Gasteiger partial charge in [-0.15, -0.1) is 0 Å². The van der Waals surface area contributed by atoms with Gasteiger partial charge >= 0.3 is 0 Å². The highest BCUT2D eigenvalue weighted by Gasteiger charge is 2.56. The lowest BCUT2D eigenvalue weighted by atomic mass is 9.73. The summed E-state index contributed by atoms with van der Waals surface area (Å²) < 4.78 is 28.9. The summed E-state index contributed by atoms with van der Waals surface area (Å²) >= 11 is 0. The van der Waals surface area contributed by atoms with E-state index in [-0.39, 0.29) is 24.3 Å². The van der Waals surface area contributed by atoms with Crippen LogP contribution in [0.4, 0.5) is 0 Å². The molecule has 2 aromatic carbocycles. The van der Waals surface area contributed by atoms with E-state index in [2.05, 4.69) is 4.90 Å². The number of nitrogens with zero attached hydrogens (tertiary/aromatic N) is 2. The van der Waals surface area contributed by atoms with Crippen molar-refractivity contribution >= 4 is 5.91 Å². The average molecular weight is 529 g/mol. The van der Waals surface area contributed by atoms with Crippen LogP contribution in [0, 0.1) is 13.8 Å². The van der Waals surface area contributed by atoms with Crippen LogP contribution in [-0.4, -0.2) is 87.2 Å². The van der Waals surface area contributed by atoms with Gasteiger partial charge in [-0.1, -0.05) is 0 Å². The summed E-state index contributed by atoms with van der Waals surface area (Å²) in [4.78, 5) is 18.0. The lowest BCUT2D eigenvalue weighted by molar-refractivity contribution is -0.158. The number of piperazine rings is 1. The number of carbonyl (C=O) groups is 1. The topological polar surface area (TPSA) is 110 Å². The highest BCUT2D eigenvalue weighted by molar-refractivity contribution is 5.87. The first kappa shape index (κ1) is 26.2. The molecule has 206 valence electrons. The summed E-state index contributed by atoms with van der Waals surface area (Å²) in [5.41, 5.74) is 4.38. The van der Waals surface area contributed by atoms with E-state index in [1.807, 2.05) is 14.0 Å². The molecule has 1 amide bonds. The lowest BCUT2D eigenvalue weighted by Crippen LogP contribution is -2.67. The molecule has 0 saturated carbocycles. The van der Waals surface area contributed by atoms with Gasteiger partial charge in [0.1, 0.15) is 11.5 Å². The van der Waals surface area contributed by atoms with Gasteiger partial charge in [0.05, 0.1) is 66.3 Å². The van der Waals surface area contributed by atoms with Crippen molar-refractivity contribution < 1.29 is 38.7 Å². The summed E-state index contributed by atoms with van der Waals surface area (Å²) in [5, 5.41) is 22.0. The number of phenols is 1. The molecule has 1 unspecified atom stereocenters. The zero-order chi connectivity index (χ0) is 27.6. The van der Waals surface area contributed by atoms with Gasteiger partial charge in [0, 0.05) is 39.8 Å². The Bertz CT molecular complexity index is 1310. The van der Waals surface area contributed by atoms with E-state index < -0.39 is 18.1 Å². The van der Waals surface area contributed by atoms with Gasteiger partial charge in [-0.3, -0.25) is 9.69 Å². The average Bonchev–Trinajstić information content (AvgIpc) is 2.91. The molecule has 0 spiro atoms. The molecule has 2 aromatic rings. The van der Waals surface area contributed by atoms with Crippen molar-refractivity contribution in [1.29, 1.82) is 0 Å². The van der Waals surface area contributed by atoms with Crippen LogP contribution >= 0.6 is 0 Å². The maximum absolute atomic E-state index is 14.2. The molecule has 0 aromatic heterocycles. The number of likely N-dealkylation sites (N-methyl/N-ethyl adjacent to an activating group) is 1. The molecular formula is C28H36N2O8. The fourth-order valence-electron chi connectivity index (χ4n) is 7.09. The van der Waals surface area contributed by atoms with Crippen molar-refractivity contribution in [1.82, 2.24) is 9.80 Å². The number of methoxy groups -OCH3 is 5. The predicted molar refractivity (Wildman–Crippen MR) is 139 cm³/mol. The normalized spacial score (nSPS) is 23.8. The molecule has 3 aliphatic rings. The number of phenolic OH excluding ortho intramolecular Hbond substituents is 1. The quantitative estimate of drug-likeness (QED) is 0.584. The van der Waals surface area contributed by atoms with Crippen molar-refractivity contribution in [3.8, 4) is 34.5 Å². The minimum Gasteiger partial charge on any atom is -0.507 e. The standard InChI is InChI=1S/C28H36N2O8/c1-12-22(32)14-9-16-21-20-15(23(34-4)13(2)25(36-6)27(20)38-8)10-17(29(21)3)28(33)30(16)18(11-31)19(14)26(37-7)24(12)35-5/h16-18,21,31-32H,9-11H2,1-8H3/t16?,17-,18-,21-/m0/s1. The molecular weight excluding hydrogens is 492 g/mol. The largest absolute Gasteiger partial charge is 0.507 e. The van der Waals surface area contributed by atoms with Crippen molar-refractivity contribution in [2.45, 2.75) is 50.9 Å². The Morgan fingerprint density at radius 1 is 0.789 bits per heavy atom. The van der Waals surface area contributed by atoms with Gasteiger partial charge in [-0.25, -0.2) is 0 Å². The molecule has 0 aliphatic carbocycles. The number of ether oxygens (including phenoxy) is 5. The Labute approximate surface area is 222 Å². The van der Waals surface area contributed by atoms with Crippen LogP contribution in [0.1, 0.15) is 45.5 Å². The summed E-state index contributed by atoms with van der Waals surface area (Å²) in [5.74, 6) is 2.66. The Morgan fingerprint density at radius 2 is 1.34 bits per heavy atom. The summed E-state index contributed by atoms with van der Waals surface area (Å²) in [6.45, 7) is 3.34. The van der Waals surface area contributed by atoms with Gasteiger partial charge in [0.2, 0.25) is 5.91 Å². The van der Waals surface area contributed by atoms with Gasteiger partial charge in [0.15, 0.2) is 23.0 Å². The number of benzene rings is 2. The van der Waals surface area contributed by atoms with E-state index in [0.29, 0.717) is 58.3 Å². The summed E-state index contributed by atoms with van der Waals surface area (Å²) in [6, 6.07) is -1.93. The number of aliphatic hydroxyl groups is 1. The maximum Gasteiger partial charge on any atom is 0.241 e. The first-order valence-corrected chi connectivity index (χ1v) is 12.6. The zero-order valence-electron chi connectivity index (χ0n) is 23.2. The van der Waals surface area contributed by atoms with Gasteiger partial charge in [-0.05, 0) is 27.3 Å². The highest BCUT2D eigenvalue weighted by Crippen LogP contribution is 2.58. The molecule has 4 atom stereocenters. The monoisotopic (exact) mass is 528 g/mol. The van der Waals surface area contributed by atoms with E-state index in [1.54, 1.807) is 33.2 Å². The third kappa shape index (κ3) is 3.22. The SMILES string of the molecule is COc1c(C)c(OC)c(OC)c2c1C[C@H]1C(=O)N3C(Cc4c(O)c(C)c(OC)c(OC)c4[C@@H]3CO)[C@@H]2N1C. The molecule has 0 radical (unpaired) electrons. The van der Waals surface area contributed by atoms with Crippen LogP contribution in [0.25, 0.3) is 0 Å². The number of aromatic hydroxyl groups is 1. The fourth-order valence-corrected chi connectivity index (χ4v) is 7.09. The van der Waals surface area contributed by atoms with Crippen molar-refractivity contribution in [3.05, 3.63) is 33.4 Å². The van der Waals surface area contributed by atoms with Crippen molar-refractivity contribution in [3.63, 3.8) is 0 Å². The highest BCUT2D eigenvalue weighted by atomic mass is 16.5. The van der Waals surface area contributed by atoms with E-state index >= 15 is 0 Å². The Morgan fingerprint density at radius 3 is 1.89 bits per heavy atom. The summed E-state index contributed by atoms with van der Waals surface area (Å²) in [6.07, 6.45) is 0.757. The molecule has 2 N–H and O–H groups in total. The van der Waals surface area contributed by atoms with Crippen molar-refractivity contribution in [2.75, 3.05) is 49.2 Å². The molecule has 10 heteroatoms. The molecule has 10 nitrogen and oxygen atoms in total. The van der Waals surface area contributed by atoms with Crippen LogP contribution in [0.15, 0.2) is 0 Å². The van der Waals surface area contributed by atoms with E-state index in [9.17, 15) is 15.0 Å². The van der Waals surface area contributed by atoms with Crippen LogP contribution in [0.3, 0.4) is 0 Å². The molecule has 2 bridgehead atoms. The van der Waals surface area contributed by atoms with Crippen LogP contribution < -0.4 is 23.7 Å². The third-order valence-corrected chi connectivity index (χ3v) is 8.65. The number of hydrogen-bond acceptors (Lipinski definition) is 9. The number of rotatable bonds is 6. The maximum atomic E-state index is 14.2. The first-order chi connectivity index (χ1) is 18.2. The van der Waals surface area contributed by atoms with Crippen LogP contribution in [-0.2, 0) is 17.6 Å². The number of aliphatic hydroxyl groups excluding tert-OH is 1. The van der Waals surface area contributed by atoms with E-state index in [0.717, 1.165) is 16.7 Å². The second kappa shape index (κ2) is 9.43. The number of fused-ring (bicyclic) bond motifs is 7. The number of hydrogen-bond donors (Lipinski definition) is 2. The minimum atomic E-state index is -0.730. The van der Waals surface area contributed by atoms with Crippen LogP contribution in [0.2, 0.25) is 0 Å². The second-order valence-corrected chi connectivity index (χ2v) is 10.1. The Balaban J connectivity index is 1.81. The van der Waals surface area contributed by atoms with Crippen LogP contribution in [0.5, 0.6) is 34.5 Å². The smallest absolute Gasteiger partial charge is 0.241 e. The van der Waals surface area contributed by atoms with E-state index in [1.165, 1.54) is 14.2 Å².